The van der Waals surface area contributed by atoms with Gasteiger partial charge in [-0.25, -0.2) is 0 Å². The van der Waals surface area contributed by atoms with Crippen LogP contribution in [0.5, 0.6) is 0 Å². The normalized spacial score (nSPS) is 24.5. The van der Waals surface area contributed by atoms with Crippen molar-refractivity contribution >= 4 is 0 Å². The summed E-state index contributed by atoms with van der Waals surface area (Å²) in [6, 6.07) is 0.544. The molecule has 2 N–H and O–H groups in total. The summed E-state index contributed by atoms with van der Waals surface area (Å²) in [4.78, 5) is 0. The van der Waals surface area contributed by atoms with E-state index < -0.39 is 0 Å². The highest BCUT2D eigenvalue weighted by Crippen LogP contribution is 2.35. The van der Waals surface area contributed by atoms with E-state index in [0.717, 1.165) is 37.7 Å². The van der Waals surface area contributed by atoms with Gasteiger partial charge in [-0.2, -0.15) is 0 Å². The second-order valence-electron chi connectivity index (χ2n) is 6.00. The van der Waals surface area contributed by atoms with Gasteiger partial charge in [0.1, 0.15) is 5.82 Å². The number of hydrogen-bond donors (Lipinski definition) is 1. The molecule has 2 fully saturated rings. The minimum absolute atomic E-state index is 0.350. The van der Waals surface area contributed by atoms with Crippen molar-refractivity contribution in [3.63, 3.8) is 0 Å². The van der Waals surface area contributed by atoms with Gasteiger partial charge in [0, 0.05) is 19.3 Å². The van der Waals surface area contributed by atoms with Crippen LogP contribution in [0.2, 0.25) is 0 Å². The Morgan fingerprint density at radius 1 is 1.16 bits per heavy atom. The van der Waals surface area contributed by atoms with Crippen LogP contribution in [0.25, 0.3) is 0 Å². The van der Waals surface area contributed by atoms with E-state index in [0.29, 0.717) is 6.04 Å². The van der Waals surface area contributed by atoms with Crippen molar-refractivity contribution in [2.24, 2.45) is 5.73 Å². The van der Waals surface area contributed by atoms with Crippen molar-refractivity contribution in [1.82, 2.24) is 14.8 Å². The smallest absolute Gasteiger partial charge is 0.153 e. The van der Waals surface area contributed by atoms with Gasteiger partial charge in [-0.05, 0) is 32.6 Å². The molecule has 0 unspecified atom stereocenters. The summed E-state index contributed by atoms with van der Waals surface area (Å²) >= 11 is 0. The minimum Gasteiger partial charge on any atom is -0.381 e. The van der Waals surface area contributed by atoms with Crippen molar-refractivity contribution in [1.29, 1.82) is 0 Å². The quantitative estimate of drug-likeness (QED) is 0.888. The molecule has 0 atom stereocenters. The predicted octanol–water partition coefficient (Wildman–Crippen LogP) is 2.06. The van der Waals surface area contributed by atoms with E-state index in [-0.39, 0.29) is 5.54 Å². The molecule has 5 heteroatoms. The molecule has 1 saturated carbocycles. The van der Waals surface area contributed by atoms with Crippen molar-refractivity contribution in [2.45, 2.75) is 63.5 Å². The topological polar surface area (TPSA) is 66.0 Å². The summed E-state index contributed by atoms with van der Waals surface area (Å²) in [5.74, 6) is 2.00. The lowest BCUT2D eigenvalue weighted by molar-refractivity contribution is 0.0468. The van der Waals surface area contributed by atoms with Crippen LogP contribution in [0.3, 0.4) is 0 Å². The Morgan fingerprint density at radius 3 is 2.53 bits per heavy atom. The molecule has 3 rings (SSSR count). The Morgan fingerprint density at radius 2 is 1.84 bits per heavy atom. The standard InChI is InChI=1S/C14H24N4O/c1-11-16-17-13(14(15)7-9-19-10-8-14)18(11)12-5-3-2-4-6-12/h12H,2-10,15H2,1H3. The number of ether oxygens (including phenoxy) is 1. The van der Waals surface area contributed by atoms with Gasteiger partial charge in [0.2, 0.25) is 0 Å². The van der Waals surface area contributed by atoms with Gasteiger partial charge in [0.15, 0.2) is 5.82 Å². The van der Waals surface area contributed by atoms with Crippen LogP contribution >= 0.6 is 0 Å². The summed E-state index contributed by atoms with van der Waals surface area (Å²) in [7, 11) is 0. The Bertz CT molecular complexity index is 431. The molecule has 19 heavy (non-hydrogen) atoms. The van der Waals surface area contributed by atoms with Crippen LogP contribution in [0.15, 0.2) is 0 Å². The molecule has 0 radical (unpaired) electrons. The number of hydrogen-bond acceptors (Lipinski definition) is 4. The fourth-order valence-corrected chi connectivity index (χ4v) is 3.44. The molecule has 2 heterocycles. The Labute approximate surface area is 114 Å². The fraction of sp³-hybridized carbons (Fsp3) is 0.857. The van der Waals surface area contributed by atoms with Crippen LogP contribution < -0.4 is 5.73 Å². The summed E-state index contributed by atoms with van der Waals surface area (Å²) in [6.45, 7) is 3.51. The first-order valence-corrected chi connectivity index (χ1v) is 7.49. The molecule has 0 aromatic carbocycles. The first-order valence-electron chi connectivity index (χ1n) is 7.49. The summed E-state index contributed by atoms with van der Waals surface area (Å²) < 4.78 is 7.77. The van der Waals surface area contributed by atoms with Crippen molar-refractivity contribution in [3.8, 4) is 0 Å². The van der Waals surface area contributed by atoms with Gasteiger partial charge >= 0.3 is 0 Å². The molecule has 1 aromatic heterocycles. The first kappa shape index (κ1) is 13.1. The molecular formula is C14H24N4O. The molecule has 1 aliphatic carbocycles. The third-order valence-electron chi connectivity index (χ3n) is 4.64. The van der Waals surface area contributed by atoms with Crippen LogP contribution in [-0.4, -0.2) is 28.0 Å². The number of aromatic nitrogens is 3. The summed E-state index contributed by atoms with van der Waals surface area (Å²) in [5, 5.41) is 8.72. The average molecular weight is 264 g/mol. The molecule has 106 valence electrons. The van der Waals surface area contributed by atoms with Gasteiger partial charge in [-0.1, -0.05) is 19.3 Å². The molecule has 0 spiro atoms. The fourth-order valence-electron chi connectivity index (χ4n) is 3.44. The highest BCUT2D eigenvalue weighted by Gasteiger charge is 2.37. The zero-order valence-corrected chi connectivity index (χ0v) is 11.8. The van der Waals surface area contributed by atoms with Crippen molar-refractivity contribution in [3.05, 3.63) is 11.6 Å². The SMILES string of the molecule is Cc1nnc(C2(N)CCOCC2)n1C1CCCCC1. The van der Waals surface area contributed by atoms with E-state index in [1.165, 1.54) is 32.1 Å². The second-order valence-corrected chi connectivity index (χ2v) is 6.00. The number of nitrogens with zero attached hydrogens (tertiary/aromatic N) is 3. The van der Waals surface area contributed by atoms with E-state index >= 15 is 0 Å². The van der Waals surface area contributed by atoms with Crippen LogP contribution in [-0.2, 0) is 10.3 Å². The molecule has 1 saturated heterocycles. The van der Waals surface area contributed by atoms with E-state index in [9.17, 15) is 0 Å². The first-order chi connectivity index (χ1) is 9.21. The number of aryl methyl sites for hydroxylation is 1. The van der Waals surface area contributed by atoms with E-state index in [1.54, 1.807) is 0 Å². The Hall–Kier alpha value is -0.940. The highest BCUT2D eigenvalue weighted by molar-refractivity contribution is 5.11. The predicted molar refractivity (Wildman–Crippen MR) is 72.8 cm³/mol. The van der Waals surface area contributed by atoms with Crippen LogP contribution in [0, 0.1) is 6.92 Å². The molecule has 0 amide bonds. The second kappa shape index (κ2) is 5.21. The average Bonchev–Trinajstić information content (AvgIpc) is 2.83. The van der Waals surface area contributed by atoms with E-state index in [4.69, 9.17) is 10.5 Å². The van der Waals surface area contributed by atoms with Crippen LogP contribution in [0.1, 0.15) is 62.6 Å². The lowest BCUT2D eigenvalue weighted by Crippen LogP contribution is -2.45. The molecular weight excluding hydrogens is 240 g/mol. The number of nitrogens with two attached hydrogens (primary N) is 1. The van der Waals surface area contributed by atoms with Crippen molar-refractivity contribution in [2.75, 3.05) is 13.2 Å². The summed E-state index contributed by atoms with van der Waals surface area (Å²) in [6.07, 6.45) is 8.13. The number of rotatable bonds is 2. The maximum Gasteiger partial charge on any atom is 0.153 e. The monoisotopic (exact) mass is 264 g/mol. The largest absolute Gasteiger partial charge is 0.381 e. The maximum atomic E-state index is 6.60. The lowest BCUT2D eigenvalue weighted by Gasteiger charge is -2.35. The minimum atomic E-state index is -0.350. The molecule has 1 aliphatic heterocycles. The van der Waals surface area contributed by atoms with Gasteiger partial charge in [-0.15, -0.1) is 10.2 Å². The Kier molecular flexibility index (Phi) is 3.58. The molecule has 0 bridgehead atoms. The maximum absolute atomic E-state index is 6.60. The van der Waals surface area contributed by atoms with Gasteiger partial charge in [0.25, 0.3) is 0 Å². The highest BCUT2D eigenvalue weighted by atomic mass is 16.5. The lowest BCUT2D eigenvalue weighted by atomic mass is 9.88. The van der Waals surface area contributed by atoms with E-state index in [2.05, 4.69) is 14.8 Å². The zero-order valence-electron chi connectivity index (χ0n) is 11.8. The third kappa shape index (κ3) is 2.41. The van der Waals surface area contributed by atoms with Gasteiger partial charge in [0.05, 0.1) is 5.54 Å². The molecule has 2 aliphatic rings. The molecule has 1 aromatic rings. The Balaban J connectivity index is 1.92. The van der Waals surface area contributed by atoms with Crippen molar-refractivity contribution < 1.29 is 4.74 Å². The van der Waals surface area contributed by atoms with E-state index in [1.807, 2.05) is 6.92 Å². The zero-order chi connectivity index (χ0) is 13.3. The van der Waals surface area contributed by atoms with Gasteiger partial charge < -0.3 is 15.0 Å². The molecule has 5 nitrogen and oxygen atoms in total. The van der Waals surface area contributed by atoms with Gasteiger partial charge in [-0.3, -0.25) is 0 Å². The summed E-state index contributed by atoms with van der Waals surface area (Å²) in [5.41, 5.74) is 6.25. The third-order valence-corrected chi connectivity index (χ3v) is 4.64. The van der Waals surface area contributed by atoms with Crippen LogP contribution in [0.4, 0.5) is 0 Å².